The van der Waals surface area contributed by atoms with Gasteiger partial charge in [-0.3, -0.25) is 0 Å². The fourth-order valence-corrected chi connectivity index (χ4v) is 6.27. The lowest BCUT2D eigenvalue weighted by Gasteiger charge is -2.32. The van der Waals surface area contributed by atoms with Crippen LogP contribution in [0, 0.1) is 11.3 Å². The van der Waals surface area contributed by atoms with Crippen molar-refractivity contribution >= 4 is 67.2 Å². The predicted octanol–water partition coefficient (Wildman–Crippen LogP) is 6.41. The van der Waals surface area contributed by atoms with Crippen molar-refractivity contribution in [3.63, 3.8) is 0 Å². The Morgan fingerprint density at radius 2 is 1.14 bits per heavy atom. The molecule has 6 heteroatoms. The van der Waals surface area contributed by atoms with Crippen molar-refractivity contribution in [1.29, 1.82) is 5.26 Å². The molecule has 0 aliphatic carbocycles. The van der Waals surface area contributed by atoms with Gasteiger partial charge in [-0.2, -0.15) is 5.26 Å². The Hall–Kier alpha value is -4.05. The van der Waals surface area contributed by atoms with Crippen LogP contribution in [0.4, 0.5) is 0 Å². The highest BCUT2D eigenvalue weighted by atomic mass is 16.7. The highest BCUT2D eigenvalue weighted by Gasteiger charge is 2.52. The van der Waals surface area contributed by atoms with Crippen LogP contribution in [0.25, 0.3) is 54.6 Å². The molecular weight excluding hydrogens is 457 g/mol. The molecule has 0 saturated carbocycles. The number of fused-ring (bicyclic) bond motifs is 9. The maximum Gasteiger partial charge on any atom is 0.497 e. The average molecular weight is 481 g/mol. The molecule has 0 amide bonds. The van der Waals surface area contributed by atoms with Gasteiger partial charge >= 0.3 is 7.12 Å². The van der Waals surface area contributed by atoms with Crippen molar-refractivity contribution in [3.05, 3.63) is 78.4 Å². The van der Waals surface area contributed by atoms with Crippen LogP contribution in [0.1, 0.15) is 33.3 Å². The minimum Gasteiger partial charge on any atom is -0.399 e. The quantitative estimate of drug-likeness (QED) is 0.201. The van der Waals surface area contributed by atoms with Crippen molar-refractivity contribution in [2.75, 3.05) is 0 Å². The van der Waals surface area contributed by atoms with Gasteiger partial charge in [-0.15, -0.1) is 0 Å². The number of nitrogens with zero attached hydrogens (tertiary/aromatic N) is 3. The fraction of sp³-hybridized carbons (Fsp3) is 0.194. The van der Waals surface area contributed by atoms with E-state index in [9.17, 15) is 5.26 Å². The van der Waals surface area contributed by atoms with Gasteiger partial charge in [0.25, 0.3) is 0 Å². The highest BCUT2D eigenvalue weighted by Crippen LogP contribution is 2.43. The minimum absolute atomic E-state index is 0.480. The van der Waals surface area contributed by atoms with E-state index < -0.39 is 18.3 Å². The summed E-state index contributed by atoms with van der Waals surface area (Å²) in [6, 6.07) is 27.8. The molecule has 0 atom stereocenters. The number of benzene rings is 4. The zero-order chi connectivity index (χ0) is 25.3. The molecule has 0 bridgehead atoms. The summed E-state index contributed by atoms with van der Waals surface area (Å²) >= 11 is 0. The lowest BCUT2D eigenvalue weighted by molar-refractivity contribution is 0.00578. The molecule has 1 aliphatic rings. The lowest BCUT2D eigenvalue weighted by Crippen LogP contribution is -2.41. The SMILES string of the molecule is CC1(C)OB(c2ccc(C#N)c3c2n2c4ccccc4c4ccc5c6ccccc6n3c5c42)OC1(C)C. The predicted molar refractivity (Wildman–Crippen MR) is 150 cm³/mol. The van der Waals surface area contributed by atoms with Crippen LogP contribution < -0.4 is 5.46 Å². The molecule has 1 aliphatic heterocycles. The number of hydrogen-bond acceptors (Lipinski definition) is 3. The van der Waals surface area contributed by atoms with E-state index in [4.69, 9.17) is 9.31 Å². The molecule has 178 valence electrons. The number of nitriles is 1. The third-order valence-corrected chi connectivity index (χ3v) is 8.73. The van der Waals surface area contributed by atoms with Crippen molar-refractivity contribution < 1.29 is 9.31 Å². The van der Waals surface area contributed by atoms with Crippen LogP contribution in [-0.2, 0) is 9.31 Å². The molecular formula is C31H24BN3O2. The molecule has 1 fully saturated rings. The van der Waals surface area contributed by atoms with Crippen LogP contribution in [0.3, 0.4) is 0 Å². The Labute approximate surface area is 213 Å². The van der Waals surface area contributed by atoms with Gasteiger partial charge in [0.05, 0.1) is 49.9 Å². The summed E-state index contributed by atoms with van der Waals surface area (Å²) in [5.74, 6) is 0. The summed E-state index contributed by atoms with van der Waals surface area (Å²) in [6.45, 7) is 8.30. The molecule has 8 rings (SSSR count). The summed E-state index contributed by atoms with van der Waals surface area (Å²) in [4.78, 5) is 0. The Kier molecular flexibility index (Phi) is 3.78. The largest absolute Gasteiger partial charge is 0.497 e. The summed E-state index contributed by atoms with van der Waals surface area (Å²) < 4.78 is 17.8. The molecule has 3 aromatic heterocycles. The van der Waals surface area contributed by atoms with Crippen LogP contribution in [0.2, 0.25) is 0 Å². The molecule has 0 radical (unpaired) electrons. The number of rotatable bonds is 1. The van der Waals surface area contributed by atoms with Gasteiger partial charge in [0.1, 0.15) is 6.07 Å². The van der Waals surface area contributed by atoms with Gasteiger partial charge in [0.2, 0.25) is 0 Å². The first-order valence-corrected chi connectivity index (χ1v) is 12.7. The van der Waals surface area contributed by atoms with E-state index in [1.165, 1.54) is 21.5 Å². The van der Waals surface area contributed by atoms with Gasteiger partial charge in [-0.1, -0.05) is 54.6 Å². The van der Waals surface area contributed by atoms with E-state index in [0.29, 0.717) is 5.56 Å². The van der Waals surface area contributed by atoms with Gasteiger partial charge in [0.15, 0.2) is 0 Å². The highest BCUT2D eigenvalue weighted by molar-refractivity contribution is 6.65. The van der Waals surface area contributed by atoms with Crippen LogP contribution in [0.15, 0.2) is 72.8 Å². The van der Waals surface area contributed by atoms with Crippen LogP contribution >= 0.6 is 0 Å². The monoisotopic (exact) mass is 481 g/mol. The van der Waals surface area contributed by atoms with E-state index in [1.54, 1.807) is 0 Å². The van der Waals surface area contributed by atoms with Crippen molar-refractivity contribution in [2.24, 2.45) is 0 Å². The Morgan fingerprint density at radius 1 is 0.622 bits per heavy atom. The Morgan fingerprint density at radius 3 is 1.68 bits per heavy atom. The molecule has 7 aromatic rings. The molecule has 0 unspecified atom stereocenters. The first-order valence-electron chi connectivity index (χ1n) is 12.7. The van der Waals surface area contributed by atoms with E-state index >= 15 is 0 Å². The molecule has 37 heavy (non-hydrogen) atoms. The summed E-state index contributed by atoms with van der Waals surface area (Å²) in [5, 5.41) is 15.1. The molecule has 1 saturated heterocycles. The van der Waals surface area contributed by atoms with Gasteiger partial charge in [-0.05, 0) is 45.9 Å². The standard InChI is InChI=1S/C31H24BN3O2/c1-30(2)31(3,4)37-32(36-30)23-16-13-18(17-33)26-29(23)35-25-12-8-6-10-20(25)22-15-14-21-19-9-5-7-11-24(19)34(26)27(21)28(22)35/h5-16H,1-4H3. The first-order chi connectivity index (χ1) is 17.8. The topological polar surface area (TPSA) is 51.1 Å². The zero-order valence-corrected chi connectivity index (χ0v) is 21.2. The van der Waals surface area contributed by atoms with Gasteiger partial charge in [-0.25, -0.2) is 0 Å². The Bertz CT molecular complexity index is 2110. The van der Waals surface area contributed by atoms with E-state index in [1.807, 2.05) is 12.1 Å². The fourth-order valence-electron chi connectivity index (χ4n) is 6.27. The summed E-state index contributed by atoms with van der Waals surface area (Å²) in [7, 11) is -0.565. The zero-order valence-electron chi connectivity index (χ0n) is 21.2. The smallest absolute Gasteiger partial charge is 0.399 e. The number of aromatic nitrogens is 2. The van der Waals surface area contributed by atoms with Crippen molar-refractivity contribution in [2.45, 2.75) is 38.9 Å². The molecule has 4 heterocycles. The molecule has 5 nitrogen and oxygen atoms in total. The summed E-state index contributed by atoms with van der Waals surface area (Å²) in [5.41, 5.74) is 6.89. The third kappa shape index (κ3) is 2.42. The molecule has 0 N–H and O–H groups in total. The summed E-state index contributed by atoms with van der Waals surface area (Å²) in [6.07, 6.45) is 0. The van der Waals surface area contributed by atoms with Crippen LogP contribution in [0.5, 0.6) is 0 Å². The van der Waals surface area contributed by atoms with Gasteiger partial charge in [0, 0.05) is 27.0 Å². The average Bonchev–Trinajstić information content (AvgIpc) is 3.48. The van der Waals surface area contributed by atoms with Crippen LogP contribution in [-0.4, -0.2) is 27.1 Å². The first kappa shape index (κ1) is 21.1. The van der Waals surface area contributed by atoms with E-state index in [2.05, 4.69) is 103 Å². The Balaban J connectivity index is 1.70. The van der Waals surface area contributed by atoms with E-state index in [0.717, 1.165) is 38.6 Å². The van der Waals surface area contributed by atoms with Gasteiger partial charge < -0.3 is 18.1 Å². The van der Waals surface area contributed by atoms with Crippen molar-refractivity contribution in [3.8, 4) is 6.07 Å². The molecule has 4 aromatic carbocycles. The third-order valence-electron chi connectivity index (χ3n) is 8.73. The number of hydrogen-bond donors (Lipinski definition) is 0. The second-order valence-electron chi connectivity index (χ2n) is 11.2. The molecule has 0 spiro atoms. The second-order valence-corrected chi connectivity index (χ2v) is 11.2. The lowest BCUT2D eigenvalue weighted by atomic mass is 9.77. The second kappa shape index (κ2) is 6.63. The van der Waals surface area contributed by atoms with E-state index in [-0.39, 0.29) is 0 Å². The normalized spacial score (nSPS) is 17.3. The maximum absolute atomic E-state index is 10.4. The number of para-hydroxylation sites is 2. The maximum atomic E-state index is 10.4. The van der Waals surface area contributed by atoms with Crippen molar-refractivity contribution in [1.82, 2.24) is 8.80 Å². The minimum atomic E-state index is -0.565.